The van der Waals surface area contributed by atoms with Gasteiger partial charge in [-0.2, -0.15) is 0 Å². The molecule has 0 aromatic carbocycles. The Morgan fingerprint density at radius 2 is 2.31 bits per heavy atom. The van der Waals surface area contributed by atoms with Crippen LogP contribution in [0.1, 0.15) is 42.7 Å². The van der Waals surface area contributed by atoms with Crippen LogP contribution in [0.15, 0.2) is 11.4 Å². The van der Waals surface area contributed by atoms with Crippen LogP contribution in [0, 0.1) is 12.3 Å². The molecule has 2 rings (SSSR count). The van der Waals surface area contributed by atoms with Crippen molar-refractivity contribution >= 4 is 11.3 Å². The van der Waals surface area contributed by atoms with Gasteiger partial charge in [-0.3, -0.25) is 0 Å². The summed E-state index contributed by atoms with van der Waals surface area (Å²) >= 11 is 1.73. The van der Waals surface area contributed by atoms with Gasteiger partial charge in [0.25, 0.3) is 0 Å². The fraction of sp³-hybridized carbons (Fsp3) is 0.636. The normalized spacial score (nSPS) is 21.5. The minimum Gasteiger partial charge on any atom is -0.388 e. The molecule has 1 fully saturated rings. The summed E-state index contributed by atoms with van der Waals surface area (Å²) in [6.07, 6.45) is 3.27. The molecule has 1 aliphatic rings. The molecular formula is C11H16OS. The van der Waals surface area contributed by atoms with Crippen LogP contribution in [-0.4, -0.2) is 5.11 Å². The van der Waals surface area contributed by atoms with Crippen LogP contribution in [0.4, 0.5) is 0 Å². The Morgan fingerprint density at radius 3 is 2.69 bits per heavy atom. The van der Waals surface area contributed by atoms with Crippen LogP contribution in [0.3, 0.4) is 0 Å². The van der Waals surface area contributed by atoms with Gasteiger partial charge in [0.1, 0.15) is 0 Å². The van der Waals surface area contributed by atoms with E-state index in [1.807, 2.05) is 0 Å². The van der Waals surface area contributed by atoms with Crippen molar-refractivity contribution in [2.45, 2.75) is 39.2 Å². The van der Waals surface area contributed by atoms with Crippen molar-refractivity contribution in [3.05, 3.63) is 21.9 Å². The first-order chi connectivity index (χ1) is 6.18. The van der Waals surface area contributed by atoms with E-state index in [1.165, 1.54) is 17.7 Å². The Kier molecular flexibility index (Phi) is 2.20. The second-order valence-electron chi connectivity index (χ2n) is 4.11. The first-order valence-corrected chi connectivity index (χ1v) is 5.79. The van der Waals surface area contributed by atoms with Crippen LogP contribution >= 0.6 is 11.3 Å². The number of hydrogen-bond donors (Lipinski definition) is 1. The molecular weight excluding hydrogens is 180 g/mol. The molecule has 2 heteroatoms. The maximum atomic E-state index is 10.1. The topological polar surface area (TPSA) is 20.2 Å². The summed E-state index contributed by atoms with van der Waals surface area (Å²) in [6.45, 7) is 4.27. The highest BCUT2D eigenvalue weighted by Gasteiger charge is 2.47. The summed E-state index contributed by atoms with van der Waals surface area (Å²) in [7, 11) is 0. The Labute approximate surface area is 83.4 Å². The van der Waals surface area contributed by atoms with E-state index in [1.54, 1.807) is 11.3 Å². The lowest BCUT2D eigenvalue weighted by Gasteiger charge is -2.19. The fourth-order valence-electron chi connectivity index (χ4n) is 1.94. The van der Waals surface area contributed by atoms with Crippen molar-refractivity contribution in [1.82, 2.24) is 0 Å². The number of thiophene rings is 1. The van der Waals surface area contributed by atoms with Crippen LogP contribution in [0.5, 0.6) is 0 Å². The number of aryl methyl sites for hydroxylation is 1. The summed E-state index contributed by atoms with van der Waals surface area (Å²) in [4.78, 5) is 1.29. The molecule has 0 saturated heterocycles. The first kappa shape index (κ1) is 9.22. The highest BCUT2D eigenvalue weighted by molar-refractivity contribution is 7.10. The van der Waals surface area contributed by atoms with Gasteiger partial charge in [-0.1, -0.05) is 6.92 Å². The third-order valence-corrected chi connectivity index (χ3v) is 4.12. The molecule has 13 heavy (non-hydrogen) atoms. The van der Waals surface area contributed by atoms with Gasteiger partial charge in [-0.25, -0.2) is 0 Å². The number of aliphatic hydroxyl groups excluding tert-OH is 1. The molecule has 1 unspecified atom stereocenters. The molecule has 1 saturated carbocycles. The Balaban J connectivity index is 2.17. The Bertz CT molecular complexity index is 299. The summed E-state index contributed by atoms with van der Waals surface area (Å²) < 4.78 is 0. The summed E-state index contributed by atoms with van der Waals surface area (Å²) in [5.74, 6) is 0. The Hall–Kier alpha value is -0.340. The van der Waals surface area contributed by atoms with Gasteiger partial charge in [0.05, 0.1) is 6.10 Å². The highest BCUT2D eigenvalue weighted by Crippen LogP contribution is 2.57. The average molecular weight is 196 g/mol. The van der Waals surface area contributed by atoms with E-state index < -0.39 is 0 Å². The van der Waals surface area contributed by atoms with Crippen LogP contribution in [-0.2, 0) is 0 Å². The molecule has 0 bridgehead atoms. The lowest BCUT2D eigenvalue weighted by Crippen LogP contribution is -2.11. The third-order valence-electron chi connectivity index (χ3n) is 3.24. The van der Waals surface area contributed by atoms with Crippen LogP contribution in [0.25, 0.3) is 0 Å². The van der Waals surface area contributed by atoms with E-state index in [4.69, 9.17) is 0 Å². The van der Waals surface area contributed by atoms with E-state index in [2.05, 4.69) is 25.3 Å². The van der Waals surface area contributed by atoms with Crippen LogP contribution in [0.2, 0.25) is 0 Å². The minimum atomic E-state index is -0.220. The van der Waals surface area contributed by atoms with Crippen molar-refractivity contribution in [2.24, 2.45) is 5.41 Å². The van der Waals surface area contributed by atoms with Gasteiger partial charge in [-0.15, -0.1) is 11.3 Å². The van der Waals surface area contributed by atoms with E-state index in [0.717, 1.165) is 12.0 Å². The second kappa shape index (κ2) is 3.10. The fourth-order valence-corrected chi connectivity index (χ4v) is 2.66. The Morgan fingerprint density at radius 1 is 1.62 bits per heavy atom. The maximum Gasteiger partial charge on any atom is 0.0854 e. The van der Waals surface area contributed by atoms with Gasteiger partial charge in [0.2, 0.25) is 0 Å². The zero-order valence-corrected chi connectivity index (χ0v) is 9.03. The molecule has 1 atom stereocenters. The highest BCUT2D eigenvalue weighted by atomic mass is 32.1. The van der Waals surface area contributed by atoms with Crippen molar-refractivity contribution in [1.29, 1.82) is 0 Å². The number of rotatable bonds is 3. The molecule has 0 spiro atoms. The largest absolute Gasteiger partial charge is 0.388 e. The quantitative estimate of drug-likeness (QED) is 0.786. The lowest BCUT2D eigenvalue weighted by atomic mass is 9.92. The molecule has 72 valence electrons. The molecule has 1 heterocycles. The predicted molar refractivity (Wildman–Crippen MR) is 56.0 cm³/mol. The monoisotopic (exact) mass is 196 g/mol. The maximum absolute atomic E-state index is 10.1. The molecule has 0 aliphatic heterocycles. The third kappa shape index (κ3) is 1.53. The van der Waals surface area contributed by atoms with E-state index in [9.17, 15) is 5.11 Å². The second-order valence-corrected chi connectivity index (χ2v) is 5.22. The summed E-state index contributed by atoms with van der Waals surface area (Å²) in [5, 5.41) is 12.2. The van der Waals surface area contributed by atoms with Crippen molar-refractivity contribution in [3.8, 4) is 0 Å². The van der Waals surface area contributed by atoms with Gasteiger partial charge >= 0.3 is 0 Å². The number of hydrogen-bond acceptors (Lipinski definition) is 2. The lowest BCUT2D eigenvalue weighted by molar-refractivity contribution is 0.0906. The molecule has 1 N–H and O–H groups in total. The first-order valence-electron chi connectivity index (χ1n) is 4.91. The standard InChI is InChI=1S/C11H16OS/c1-3-11(4-5-11)10(12)9-6-8(2)13-7-9/h6-7,10,12H,3-5H2,1-2H3. The van der Waals surface area contributed by atoms with Crippen molar-refractivity contribution < 1.29 is 5.11 Å². The van der Waals surface area contributed by atoms with Gasteiger partial charge in [0.15, 0.2) is 0 Å². The van der Waals surface area contributed by atoms with Gasteiger partial charge in [0, 0.05) is 10.3 Å². The van der Waals surface area contributed by atoms with Gasteiger partial charge in [-0.05, 0) is 43.2 Å². The van der Waals surface area contributed by atoms with Gasteiger partial charge < -0.3 is 5.11 Å². The average Bonchev–Trinajstić information content (AvgIpc) is 2.82. The number of aliphatic hydroxyl groups is 1. The molecule has 1 aromatic heterocycles. The summed E-state index contributed by atoms with van der Waals surface area (Å²) in [6, 6.07) is 2.12. The zero-order chi connectivity index (χ0) is 9.47. The zero-order valence-electron chi connectivity index (χ0n) is 8.21. The molecule has 0 amide bonds. The predicted octanol–water partition coefficient (Wildman–Crippen LogP) is 3.28. The van der Waals surface area contributed by atoms with E-state index in [-0.39, 0.29) is 11.5 Å². The van der Waals surface area contributed by atoms with E-state index >= 15 is 0 Å². The SMILES string of the molecule is CCC1(C(O)c2csc(C)c2)CC1. The van der Waals surface area contributed by atoms with Crippen molar-refractivity contribution in [3.63, 3.8) is 0 Å². The molecule has 1 aliphatic carbocycles. The molecule has 0 radical (unpaired) electrons. The smallest absolute Gasteiger partial charge is 0.0854 e. The molecule has 1 nitrogen and oxygen atoms in total. The summed E-state index contributed by atoms with van der Waals surface area (Å²) in [5.41, 5.74) is 1.36. The molecule has 1 aromatic rings. The van der Waals surface area contributed by atoms with Crippen molar-refractivity contribution in [2.75, 3.05) is 0 Å². The van der Waals surface area contributed by atoms with Crippen LogP contribution < -0.4 is 0 Å². The van der Waals surface area contributed by atoms with E-state index in [0.29, 0.717) is 0 Å². The minimum absolute atomic E-state index is 0.220.